The lowest BCUT2D eigenvalue weighted by Crippen LogP contribution is -2.42. The van der Waals surface area contributed by atoms with Gasteiger partial charge in [-0.3, -0.25) is 4.79 Å². The predicted molar refractivity (Wildman–Crippen MR) is 44.0 cm³/mol. The van der Waals surface area contributed by atoms with Gasteiger partial charge in [-0.15, -0.1) is 0 Å². The molecule has 0 saturated heterocycles. The fourth-order valence-corrected chi connectivity index (χ4v) is 1.02. The van der Waals surface area contributed by atoms with Crippen LogP contribution in [0.5, 0.6) is 0 Å². The highest BCUT2D eigenvalue weighted by atomic mass is 16.4. The van der Waals surface area contributed by atoms with Gasteiger partial charge in [-0.2, -0.15) is 0 Å². The van der Waals surface area contributed by atoms with Crippen LogP contribution in [-0.4, -0.2) is 34.7 Å². The van der Waals surface area contributed by atoms with Crippen LogP contribution in [0.15, 0.2) is 0 Å². The number of hydrogen-bond donors (Lipinski definition) is 3. The van der Waals surface area contributed by atoms with Crippen molar-refractivity contribution in [1.82, 2.24) is 5.32 Å². The lowest BCUT2D eigenvalue weighted by Gasteiger charge is -2.12. The van der Waals surface area contributed by atoms with Crippen LogP contribution in [0.4, 0.5) is 0 Å². The Balaban J connectivity index is 2.36. The van der Waals surface area contributed by atoms with Gasteiger partial charge in [-0.1, -0.05) is 0 Å². The first kappa shape index (κ1) is 9.98. The minimum Gasteiger partial charge on any atom is -0.480 e. The van der Waals surface area contributed by atoms with Crippen molar-refractivity contribution in [1.29, 1.82) is 0 Å². The average molecular weight is 187 g/mol. The van der Waals surface area contributed by atoms with Crippen LogP contribution in [0, 0.1) is 5.92 Å². The number of carboxylic acids is 1. The average Bonchev–Trinajstić information content (AvgIpc) is 2.85. The Kier molecular flexibility index (Phi) is 3.25. The van der Waals surface area contributed by atoms with Crippen LogP contribution in [0.3, 0.4) is 0 Å². The van der Waals surface area contributed by atoms with Crippen LogP contribution < -0.4 is 5.32 Å². The molecule has 1 amide bonds. The Bertz CT molecular complexity index is 212. The van der Waals surface area contributed by atoms with Crippen molar-refractivity contribution in [2.45, 2.75) is 25.3 Å². The Labute approximate surface area is 75.7 Å². The largest absolute Gasteiger partial charge is 0.480 e. The van der Waals surface area contributed by atoms with Gasteiger partial charge in [-0.05, 0) is 12.8 Å². The van der Waals surface area contributed by atoms with Gasteiger partial charge >= 0.3 is 5.97 Å². The van der Waals surface area contributed by atoms with E-state index in [0.717, 1.165) is 12.8 Å². The van der Waals surface area contributed by atoms with Gasteiger partial charge in [0.05, 0.1) is 0 Å². The van der Waals surface area contributed by atoms with E-state index in [0.29, 0.717) is 0 Å². The molecule has 3 N–H and O–H groups in total. The Morgan fingerprint density at radius 3 is 2.46 bits per heavy atom. The third-order valence-electron chi connectivity index (χ3n) is 1.98. The number of aliphatic hydroxyl groups excluding tert-OH is 1. The first-order valence-electron chi connectivity index (χ1n) is 4.29. The molecule has 5 heteroatoms. The highest BCUT2D eigenvalue weighted by molar-refractivity contribution is 5.86. The number of aliphatic carboxylic acids is 1. The summed E-state index contributed by atoms with van der Waals surface area (Å²) in [5.41, 5.74) is 0. The lowest BCUT2D eigenvalue weighted by atomic mass is 10.2. The van der Waals surface area contributed by atoms with E-state index >= 15 is 0 Å². The van der Waals surface area contributed by atoms with E-state index in [1.54, 1.807) is 0 Å². The maximum atomic E-state index is 11.1. The van der Waals surface area contributed by atoms with Crippen molar-refractivity contribution in [2.24, 2.45) is 5.92 Å². The highest BCUT2D eigenvalue weighted by Gasteiger charge is 2.32. The second-order valence-corrected chi connectivity index (χ2v) is 3.19. The van der Waals surface area contributed by atoms with Gasteiger partial charge in [0, 0.05) is 18.9 Å². The topological polar surface area (TPSA) is 86.6 Å². The van der Waals surface area contributed by atoms with Crippen molar-refractivity contribution in [3.05, 3.63) is 0 Å². The minimum atomic E-state index is -1.09. The smallest absolute Gasteiger partial charge is 0.326 e. The molecule has 13 heavy (non-hydrogen) atoms. The summed E-state index contributed by atoms with van der Waals surface area (Å²) in [6, 6.07) is -0.946. The van der Waals surface area contributed by atoms with Crippen molar-refractivity contribution < 1.29 is 19.8 Å². The molecular weight excluding hydrogens is 174 g/mol. The molecule has 5 nitrogen and oxygen atoms in total. The van der Waals surface area contributed by atoms with Gasteiger partial charge in [0.25, 0.3) is 0 Å². The maximum absolute atomic E-state index is 11.1. The molecule has 74 valence electrons. The van der Waals surface area contributed by atoms with Gasteiger partial charge in [0.2, 0.25) is 5.91 Å². The summed E-state index contributed by atoms with van der Waals surface area (Å²) in [7, 11) is 0. The van der Waals surface area contributed by atoms with E-state index in [9.17, 15) is 9.59 Å². The molecule has 0 radical (unpaired) electrons. The van der Waals surface area contributed by atoms with Gasteiger partial charge in [0.15, 0.2) is 0 Å². The molecule has 1 aliphatic carbocycles. The second kappa shape index (κ2) is 4.23. The Morgan fingerprint density at radius 1 is 1.46 bits per heavy atom. The maximum Gasteiger partial charge on any atom is 0.326 e. The van der Waals surface area contributed by atoms with Crippen LogP contribution in [0.1, 0.15) is 19.3 Å². The normalized spacial score (nSPS) is 17.9. The van der Waals surface area contributed by atoms with E-state index in [1.807, 2.05) is 0 Å². The summed E-state index contributed by atoms with van der Waals surface area (Å²) < 4.78 is 0. The summed E-state index contributed by atoms with van der Waals surface area (Å²) in [6.45, 7) is -0.234. The number of carbonyl (C=O) groups is 2. The molecule has 0 aromatic rings. The third kappa shape index (κ3) is 3.02. The molecule has 0 heterocycles. The Morgan fingerprint density at radius 2 is 2.08 bits per heavy atom. The Hall–Kier alpha value is -1.10. The first-order valence-corrected chi connectivity index (χ1v) is 4.29. The number of carboxylic acid groups (broad SMARTS) is 1. The summed E-state index contributed by atoms with van der Waals surface area (Å²) in [6.07, 6.45) is 1.75. The number of carbonyl (C=O) groups excluding carboxylic acids is 1. The molecule has 0 aliphatic heterocycles. The second-order valence-electron chi connectivity index (χ2n) is 3.19. The van der Waals surface area contributed by atoms with Gasteiger partial charge in [0.1, 0.15) is 6.04 Å². The molecule has 0 bridgehead atoms. The van der Waals surface area contributed by atoms with E-state index in [2.05, 4.69) is 5.32 Å². The summed E-state index contributed by atoms with van der Waals surface area (Å²) in [5.74, 6) is -1.30. The summed E-state index contributed by atoms with van der Waals surface area (Å²) >= 11 is 0. The zero-order valence-electron chi connectivity index (χ0n) is 7.19. The summed E-state index contributed by atoms with van der Waals surface area (Å²) in [4.78, 5) is 21.7. The van der Waals surface area contributed by atoms with Crippen LogP contribution >= 0.6 is 0 Å². The van der Waals surface area contributed by atoms with Crippen molar-refractivity contribution >= 4 is 11.9 Å². The fourth-order valence-electron chi connectivity index (χ4n) is 1.02. The third-order valence-corrected chi connectivity index (χ3v) is 1.98. The van der Waals surface area contributed by atoms with Gasteiger partial charge in [-0.25, -0.2) is 4.79 Å². The van der Waals surface area contributed by atoms with E-state index < -0.39 is 12.0 Å². The van der Waals surface area contributed by atoms with Gasteiger partial charge < -0.3 is 15.5 Å². The fraction of sp³-hybridized carbons (Fsp3) is 0.750. The molecule has 1 aliphatic rings. The predicted octanol–water partition coefficient (Wildman–Crippen LogP) is -0.652. The number of nitrogens with one attached hydrogen (secondary N) is 1. The van der Waals surface area contributed by atoms with Crippen LogP contribution in [0.25, 0.3) is 0 Å². The van der Waals surface area contributed by atoms with E-state index in [4.69, 9.17) is 10.2 Å². The minimum absolute atomic E-state index is 0.000503. The number of hydrogen-bond acceptors (Lipinski definition) is 3. The highest BCUT2D eigenvalue weighted by Crippen LogP contribution is 2.28. The zero-order valence-corrected chi connectivity index (χ0v) is 7.19. The molecule has 0 aromatic heterocycles. The molecule has 1 fully saturated rings. The number of rotatable bonds is 5. The van der Waals surface area contributed by atoms with Crippen LogP contribution in [0.2, 0.25) is 0 Å². The molecular formula is C8H13NO4. The lowest BCUT2D eigenvalue weighted by molar-refractivity contribution is -0.142. The van der Waals surface area contributed by atoms with Crippen LogP contribution in [-0.2, 0) is 9.59 Å². The van der Waals surface area contributed by atoms with Crippen molar-refractivity contribution in [2.75, 3.05) is 6.61 Å². The molecule has 1 atom stereocenters. The molecule has 0 spiro atoms. The number of amides is 1. The van der Waals surface area contributed by atoms with Crippen molar-refractivity contribution in [3.63, 3.8) is 0 Å². The SMILES string of the molecule is O=C(N[C@@H](CCO)C(=O)O)C1CC1. The molecule has 0 unspecified atom stereocenters. The summed E-state index contributed by atoms with van der Waals surface area (Å²) in [5, 5.41) is 19.5. The number of aliphatic hydroxyl groups is 1. The molecule has 1 saturated carbocycles. The zero-order chi connectivity index (χ0) is 9.84. The molecule has 1 rings (SSSR count). The quantitative estimate of drug-likeness (QED) is 0.533. The standard InChI is InChI=1S/C8H13NO4/c10-4-3-6(8(12)13)9-7(11)5-1-2-5/h5-6,10H,1-4H2,(H,9,11)(H,12,13)/t6-/m0/s1. The monoisotopic (exact) mass is 187 g/mol. The van der Waals surface area contributed by atoms with E-state index in [1.165, 1.54) is 0 Å². The van der Waals surface area contributed by atoms with E-state index in [-0.39, 0.29) is 24.9 Å². The molecule has 0 aromatic carbocycles. The van der Waals surface area contributed by atoms with Crippen molar-refractivity contribution in [3.8, 4) is 0 Å². The first-order chi connectivity index (χ1) is 6.15.